The summed E-state index contributed by atoms with van der Waals surface area (Å²) in [7, 11) is -3.93. The van der Waals surface area contributed by atoms with Crippen molar-refractivity contribution in [1.82, 2.24) is 4.90 Å². The van der Waals surface area contributed by atoms with Crippen LogP contribution in [0.25, 0.3) is 0 Å². The number of benzene rings is 1. The Kier molecular flexibility index (Phi) is 6.16. The molecule has 0 aromatic heterocycles. The predicted octanol–water partition coefficient (Wildman–Crippen LogP) is 1.79. The second-order valence-electron chi connectivity index (χ2n) is 6.02. The van der Waals surface area contributed by atoms with Crippen LogP contribution in [0.1, 0.15) is 26.7 Å². The van der Waals surface area contributed by atoms with Gasteiger partial charge in [-0.3, -0.25) is 9.59 Å². The first-order valence-corrected chi connectivity index (χ1v) is 9.77. The van der Waals surface area contributed by atoms with Crippen molar-refractivity contribution in [2.75, 3.05) is 19.7 Å². The molecular formula is C17H22FNO5S. The van der Waals surface area contributed by atoms with Gasteiger partial charge in [-0.2, -0.15) is 0 Å². The summed E-state index contributed by atoms with van der Waals surface area (Å²) in [5.74, 6) is -1.91. The lowest BCUT2D eigenvalue weighted by atomic mass is 9.98. The van der Waals surface area contributed by atoms with E-state index in [-0.39, 0.29) is 24.0 Å². The average molecular weight is 371 g/mol. The zero-order chi connectivity index (χ0) is 18.6. The first kappa shape index (κ1) is 19.4. The van der Waals surface area contributed by atoms with Gasteiger partial charge in [0.25, 0.3) is 0 Å². The maximum Gasteiger partial charge on any atom is 0.310 e. The topological polar surface area (TPSA) is 80.8 Å². The van der Waals surface area contributed by atoms with Crippen LogP contribution in [-0.4, -0.2) is 50.1 Å². The standard InChI is InChI=1S/C17H22FNO5S/c1-3-24-17(21)13-5-4-10-19(11-13)16(20)12(2)25(22,23)15-8-6-14(18)7-9-15/h6-9,12-13H,3-5,10-11H2,1-2H3/t12-,13+/m0/s1. The highest BCUT2D eigenvalue weighted by Gasteiger charge is 2.36. The lowest BCUT2D eigenvalue weighted by Crippen LogP contribution is -2.48. The van der Waals surface area contributed by atoms with Crippen LogP contribution in [0.2, 0.25) is 0 Å². The van der Waals surface area contributed by atoms with Crippen molar-refractivity contribution < 1.29 is 27.1 Å². The molecule has 1 aromatic rings. The summed E-state index contributed by atoms with van der Waals surface area (Å²) in [5.41, 5.74) is 0. The van der Waals surface area contributed by atoms with Gasteiger partial charge in [-0.05, 0) is 51.0 Å². The quantitative estimate of drug-likeness (QED) is 0.582. The van der Waals surface area contributed by atoms with Gasteiger partial charge in [-0.1, -0.05) is 0 Å². The van der Waals surface area contributed by atoms with Gasteiger partial charge in [-0.25, -0.2) is 12.8 Å². The highest BCUT2D eigenvalue weighted by molar-refractivity contribution is 7.92. The zero-order valence-corrected chi connectivity index (χ0v) is 15.1. The number of halogens is 1. The molecular weight excluding hydrogens is 349 g/mol. The van der Waals surface area contributed by atoms with Crippen molar-refractivity contribution in [3.8, 4) is 0 Å². The highest BCUT2D eigenvalue weighted by atomic mass is 32.2. The molecule has 0 bridgehead atoms. The maximum atomic E-state index is 13.0. The molecule has 25 heavy (non-hydrogen) atoms. The minimum atomic E-state index is -3.93. The molecule has 0 N–H and O–H groups in total. The number of hydrogen-bond donors (Lipinski definition) is 0. The Morgan fingerprint density at radius 1 is 1.32 bits per heavy atom. The van der Waals surface area contributed by atoms with Gasteiger partial charge < -0.3 is 9.64 Å². The van der Waals surface area contributed by atoms with Crippen molar-refractivity contribution in [3.05, 3.63) is 30.1 Å². The van der Waals surface area contributed by atoms with Crippen LogP contribution < -0.4 is 0 Å². The molecule has 2 atom stereocenters. The van der Waals surface area contributed by atoms with Crippen LogP contribution >= 0.6 is 0 Å². The maximum absolute atomic E-state index is 13.0. The van der Waals surface area contributed by atoms with Crippen molar-refractivity contribution in [2.24, 2.45) is 5.92 Å². The molecule has 6 nitrogen and oxygen atoms in total. The SMILES string of the molecule is CCOC(=O)[C@@H]1CCCN(C(=O)[C@H](C)S(=O)(=O)c2ccc(F)cc2)C1. The fourth-order valence-corrected chi connectivity index (χ4v) is 4.19. The summed E-state index contributed by atoms with van der Waals surface area (Å²) in [5, 5.41) is -1.31. The van der Waals surface area contributed by atoms with Crippen molar-refractivity contribution in [2.45, 2.75) is 36.8 Å². The Labute approximate surface area is 146 Å². The van der Waals surface area contributed by atoms with E-state index in [1.807, 2.05) is 0 Å². The van der Waals surface area contributed by atoms with Crippen LogP contribution in [0.5, 0.6) is 0 Å². The molecule has 1 fully saturated rings. The lowest BCUT2D eigenvalue weighted by molar-refractivity contribution is -0.151. The second-order valence-corrected chi connectivity index (χ2v) is 8.29. The van der Waals surface area contributed by atoms with E-state index >= 15 is 0 Å². The van der Waals surface area contributed by atoms with Gasteiger partial charge in [0.05, 0.1) is 17.4 Å². The molecule has 0 radical (unpaired) electrons. The van der Waals surface area contributed by atoms with E-state index in [9.17, 15) is 22.4 Å². The monoisotopic (exact) mass is 371 g/mol. The van der Waals surface area contributed by atoms with E-state index in [2.05, 4.69) is 0 Å². The summed E-state index contributed by atoms with van der Waals surface area (Å²) >= 11 is 0. The summed E-state index contributed by atoms with van der Waals surface area (Å²) in [4.78, 5) is 25.8. The summed E-state index contributed by atoms with van der Waals surface area (Å²) < 4.78 is 43.1. The largest absolute Gasteiger partial charge is 0.466 e. The molecule has 2 rings (SSSR count). The Morgan fingerprint density at radius 3 is 2.56 bits per heavy atom. The van der Waals surface area contributed by atoms with Crippen LogP contribution in [-0.2, 0) is 24.2 Å². The number of carbonyl (C=O) groups is 2. The van der Waals surface area contributed by atoms with E-state index in [1.165, 1.54) is 11.8 Å². The molecule has 8 heteroatoms. The minimum Gasteiger partial charge on any atom is -0.466 e. The summed E-state index contributed by atoms with van der Waals surface area (Å²) in [6, 6.07) is 4.38. The molecule has 1 heterocycles. The number of sulfone groups is 1. The van der Waals surface area contributed by atoms with Crippen molar-refractivity contribution >= 4 is 21.7 Å². The lowest BCUT2D eigenvalue weighted by Gasteiger charge is -2.33. The van der Waals surface area contributed by atoms with Crippen LogP contribution in [0, 0.1) is 11.7 Å². The van der Waals surface area contributed by atoms with Gasteiger partial charge in [0.1, 0.15) is 11.1 Å². The van der Waals surface area contributed by atoms with Crippen LogP contribution in [0.4, 0.5) is 4.39 Å². The molecule has 0 unspecified atom stereocenters. The smallest absolute Gasteiger partial charge is 0.310 e. The first-order valence-electron chi connectivity index (χ1n) is 8.22. The molecule has 1 aromatic carbocycles. The number of ether oxygens (including phenoxy) is 1. The number of carbonyl (C=O) groups excluding carboxylic acids is 2. The third-order valence-corrected chi connectivity index (χ3v) is 6.37. The Morgan fingerprint density at radius 2 is 1.96 bits per heavy atom. The van der Waals surface area contributed by atoms with Gasteiger partial charge in [0.2, 0.25) is 5.91 Å². The van der Waals surface area contributed by atoms with Gasteiger partial charge in [0.15, 0.2) is 9.84 Å². The van der Waals surface area contributed by atoms with E-state index in [0.717, 1.165) is 24.3 Å². The van der Waals surface area contributed by atoms with Gasteiger partial charge >= 0.3 is 5.97 Å². The molecule has 0 spiro atoms. The second kappa shape index (κ2) is 7.95. The van der Waals surface area contributed by atoms with E-state index in [4.69, 9.17) is 4.74 Å². The van der Waals surface area contributed by atoms with E-state index in [1.54, 1.807) is 6.92 Å². The highest BCUT2D eigenvalue weighted by Crippen LogP contribution is 2.22. The predicted molar refractivity (Wildman–Crippen MR) is 89.0 cm³/mol. The minimum absolute atomic E-state index is 0.103. The molecule has 1 aliphatic heterocycles. The number of rotatable bonds is 5. The number of likely N-dealkylation sites (tertiary alicyclic amines) is 1. The third-order valence-electron chi connectivity index (χ3n) is 4.31. The Bertz CT molecular complexity index is 732. The van der Waals surface area contributed by atoms with Crippen LogP contribution in [0.15, 0.2) is 29.2 Å². The fraction of sp³-hybridized carbons (Fsp3) is 0.529. The summed E-state index contributed by atoms with van der Waals surface area (Å²) in [6.45, 7) is 3.84. The van der Waals surface area contributed by atoms with Gasteiger partial charge in [0, 0.05) is 13.1 Å². The summed E-state index contributed by atoms with van der Waals surface area (Å²) in [6.07, 6.45) is 1.22. The fourth-order valence-electron chi connectivity index (χ4n) is 2.85. The molecule has 1 amide bonds. The third kappa shape index (κ3) is 4.36. The molecule has 1 aliphatic rings. The van der Waals surface area contributed by atoms with Crippen LogP contribution in [0.3, 0.4) is 0 Å². The molecule has 0 aliphatic carbocycles. The Balaban J connectivity index is 2.13. The molecule has 0 saturated carbocycles. The Hall–Kier alpha value is -1.96. The normalized spacial score (nSPS) is 19.3. The van der Waals surface area contributed by atoms with Gasteiger partial charge in [-0.15, -0.1) is 0 Å². The van der Waals surface area contributed by atoms with Crippen molar-refractivity contribution in [1.29, 1.82) is 0 Å². The van der Waals surface area contributed by atoms with E-state index < -0.39 is 32.7 Å². The number of amides is 1. The van der Waals surface area contributed by atoms with E-state index in [0.29, 0.717) is 19.4 Å². The average Bonchev–Trinajstić information content (AvgIpc) is 2.61. The number of nitrogens with zero attached hydrogens (tertiary/aromatic N) is 1. The first-order chi connectivity index (χ1) is 11.8. The molecule has 138 valence electrons. The molecule has 1 saturated heterocycles. The number of hydrogen-bond acceptors (Lipinski definition) is 5. The zero-order valence-electron chi connectivity index (χ0n) is 14.3. The van der Waals surface area contributed by atoms with Crippen molar-refractivity contribution in [3.63, 3.8) is 0 Å². The number of piperidine rings is 1. The number of esters is 1.